The van der Waals surface area contributed by atoms with Crippen LogP contribution in [0.4, 0.5) is 5.69 Å². The Balaban J connectivity index is 0.000000631. The van der Waals surface area contributed by atoms with Gasteiger partial charge in [-0.2, -0.15) is 0 Å². The molecule has 1 aliphatic rings. The first-order chi connectivity index (χ1) is 18.7. The van der Waals surface area contributed by atoms with Crippen molar-refractivity contribution in [1.29, 1.82) is 10.8 Å². The van der Waals surface area contributed by atoms with Gasteiger partial charge in [0.2, 0.25) is 5.91 Å². The van der Waals surface area contributed by atoms with Crippen LogP contribution in [0.5, 0.6) is 17.2 Å². The van der Waals surface area contributed by atoms with Crippen molar-refractivity contribution in [2.75, 3.05) is 25.1 Å². The molecule has 4 rings (SSSR count). The number of ether oxygens (including phenoxy) is 1. The SMILES string of the molecule is CCNC(C)=O.COc1ccc2c(c1)C(c1ccc(SCc3cccc(O)c3O)cc1)=NCC(=N)N2C(C)=N. The van der Waals surface area contributed by atoms with E-state index in [-0.39, 0.29) is 35.6 Å². The highest BCUT2D eigenvalue weighted by Crippen LogP contribution is 2.34. The molecule has 5 N–H and O–H groups in total. The number of aliphatic imine (C=N–C) groups is 1. The molecule has 0 atom stereocenters. The maximum absolute atomic E-state index is 10.0. The van der Waals surface area contributed by atoms with E-state index >= 15 is 0 Å². The van der Waals surface area contributed by atoms with Crippen LogP contribution in [0.2, 0.25) is 0 Å². The molecule has 10 heteroatoms. The average Bonchev–Trinajstić information content (AvgIpc) is 3.05. The van der Waals surface area contributed by atoms with Crippen molar-refractivity contribution in [2.45, 2.75) is 31.4 Å². The van der Waals surface area contributed by atoms with Crippen LogP contribution in [0.3, 0.4) is 0 Å². The number of benzodiazepines with no additional fused rings is 1. The van der Waals surface area contributed by atoms with Gasteiger partial charge in [-0.1, -0.05) is 24.3 Å². The predicted molar refractivity (Wildman–Crippen MR) is 157 cm³/mol. The Morgan fingerprint density at radius 1 is 1.13 bits per heavy atom. The lowest BCUT2D eigenvalue weighted by Crippen LogP contribution is -2.35. The standard InChI is InChI=1S/C25H24N4O3S.C4H9NO/c1-15(26)29-21-11-8-18(32-2)12-20(21)24(28-13-23(29)27)16-6-9-19(10-7-16)33-14-17-4-3-5-22(30)25(17)31;1-3-5-4(2)6/h3-12,26-27,30-31H,13-14H2,1-2H3;3H2,1-2H3,(H,5,6). The van der Waals surface area contributed by atoms with E-state index < -0.39 is 0 Å². The van der Waals surface area contributed by atoms with Crippen molar-refractivity contribution in [3.05, 3.63) is 77.4 Å². The van der Waals surface area contributed by atoms with Gasteiger partial charge in [0.25, 0.3) is 0 Å². The quantitative estimate of drug-likeness (QED) is 0.125. The number of nitrogens with zero attached hydrogens (tertiary/aromatic N) is 2. The Kier molecular flexibility index (Phi) is 10.1. The predicted octanol–water partition coefficient (Wildman–Crippen LogP) is 5.17. The van der Waals surface area contributed by atoms with Crippen LogP contribution in [0.25, 0.3) is 0 Å². The molecule has 0 spiro atoms. The molecule has 0 fully saturated rings. The second-order valence-corrected chi connectivity index (χ2v) is 9.65. The molecule has 0 aromatic heterocycles. The molecule has 1 amide bonds. The molecule has 204 valence electrons. The minimum atomic E-state index is -0.122. The van der Waals surface area contributed by atoms with Gasteiger partial charge in [0.1, 0.15) is 17.4 Å². The number of methoxy groups -OCH3 is 1. The number of amidine groups is 2. The van der Waals surface area contributed by atoms with Crippen molar-refractivity contribution in [3.8, 4) is 17.2 Å². The lowest BCUT2D eigenvalue weighted by molar-refractivity contribution is -0.118. The number of para-hydroxylation sites is 1. The van der Waals surface area contributed by atoms with Crippen LogP contribution >= 0.6 is 11.8 Å². The van der Waals surface area contributed by atoms with Crippen molar-refractivity contribution in [3.63, 3.8) is 0 Å². The summed E-state index contributed by atoms with van der Waals surface area (Å²) in [6, 6.07) is 18.4. The maximum atomic E-state index is 10.0. The number of anilines is 1. The minimum Gasteiger partial charge on any atom is -0.504 e. The fourth-order valence-electron chi connectivity index (χ4n) is 3.93. The Bertz CT molecular complexity index is 1390. The van der Waals surface area contributed by atoms with Crippen LogP contribution in [-0.4, -0.2) is 53.7 Å². The summed E-state index contributed by atoms with van der Waals surface area (Å²) in [6.45, 7) is 5.94. The first kappa shape index (κ1) is 29.2. The lowest BCUT2D eigenvalue weighted by atomic mass is 9.99. The van der Waals surface area contributed by atoms with Crippen LogP contribution in [0.1, 0.15) is 37.5 Å². The third-order valence-electron chi connectivity index (χ3n) is 5.74. The summed E-state index contributed by atoms with van der Waals surface area (Å²) < 4.78 is 5.42. The first-order valence-corrected chi connectivity index (χ1v) is 13.3. The number of aromatic hydroxyl groups is 2. The van der Waals surface area contributed by atoms with Gasteiger partial charge in [0.15, 0.2) is 11.5 Å². The Labute approximate surface area is 232 Å². The van der Waals surface area contributed by atoms with E-state index in [1.807, 2.05) is 49.4 Å². The topological polar surface area (TPSA) is 142 Å². The van der Waals surface area contributed by atoms with Gasteiger partial charge in [-0.25, -0.2) is 0 Å². The third kappa shape index (κ3) is 7.38. The maximum Gasteiger partial charge on any atom is 0.216 e. The molecular weight excluding hydrogens is 514 g/mol. The van der Waals surface area contributed by atoms with Crippen LogP contribution in [0.15, 0.2) is 70.6 Å². The van der Waals surface area contributed by atoms with Gasteiger partial charge < -0.3 is 20.3 Å². The van der Waals surface area contributed by atoms with Crippen molar-refractivity contribution < 1.29 is 19.7 Å². The number of nitrogens with one attached hydrogen (secondary N) is 3. The summed E-state index contributed by atoms with van der Waals surface area (Å²) in [5.74, 6) is 1.52. The molecule has 3 aromatic carbocycles. The Morgan fingerprint density at radius 2 is 1.85 bits per heavy atom. The summed E-state index contributed by atoms with van der Waals surface area (Å²) >= 11 is 1.55. The molecular formula is C29H33N5O4S. The van der Waals surface area contributed by atoms with Gasteiger partial charge >= 0.3 is 0 Å². The zero-order chi connectivity index (χ0) is 28.5. The number of benzene rings is 3. The monoisotopic (exact) mass is 547 g/mol. The molecule has 3 aromatic rings. The molecule has 39 heavy (non-hydrogen) atoms. The highest BCUT2D eigenvalue weighted by molar-refractivity contribution is 7.98. The van der Waals surface area contributed by atoms with Crippen LogP contribution < -0.4 is 15.0 Å². The molecule has 0 saturated heterocycles. The Morgan fingerprint density at radius 3 is 2.44 bits per heavy atom. The zero-order valence-corrected chi connectivity index (χ0v) is 23.2. The molecule has 1 aliphatic heterocycles. The largest absolute Gasteiger partial charge is 0.504 e. The molecule has 0 bridgehead atoms. The van der Waals surface area contributed by atoms with Crippen LogP contribution in [0, 0.1) is 10.8 Å². The second-order valence-electron chi connectivity index (χ2n) is 8.60. The van der Waals surface area contributed by atoms with E-state index in [2.05, 4.69) is 5.32 Å². The van der Waals surface area contributed by atoms with E-state index in [9.17, 15) is 15.0 Å². The number of hydrogen-bond acceptors (Lipinski definition) is 8. The number of phenolic OH excluding ortho intramolecular Hbond substituents is 2. The summed E-state index contributed by atoms with van der Waals surface area (Å²) in [5.41, 5.74) is 3.82. The number of rotatable bonds is 6. The number of carbonyl (C=O) groups is 1. The fourth-order valence-corrected chi connectivity index (χ4v) is 4.81. The second kappa shape index (κ2) is 13.5. The van der Waals surface area contributed by atoms with Gasteiger partial charge in [-0.05, 0) is 50.2 Å². The average molecular weight is 548 g/mol. The van der Waals surface area contributed by atoms with Gasteiger partial charge in [0.05, 0.1) is 25.1 Å². The number of amides is 1. The summed E-state index contributed by atoms with van der Waals surface area (Å²) in [5, 5.41) is 38.8. The van der Waals surface area contributed by atoms with E-state index in [1.165, 1.54) is 13.0 Å². The summed E-state index contributed by atoms with van der Waals surface area (Å²) in [6.07, 6.45) is 0. The van der Waals surface area contributed by atoms with Crippen LogP contribution in [-0.2, 0) is 10.5 Å². The number of thioether (sulfide) groups is 1. The number of hydrogen-bond donors (Lipinski definition) is 5. The van der Waals surface area contributed by atoms with Crippen molar-refractivity contribution in [2.24, 2.45) is 4.99 Å². The smallest absolute Gasteiger partial charge is 0.216 e. The number of carbonyl (C=O) groups excluding carboxylic acids is 1. The fraction of sp³-hybridized carbons (Fsp3) is 0.241. The summed E-state index contributed by atoms with van der Waals surface area (Å²) in [4.78, 5) is 17.2. The summed E-state index contributed by atoms with van der Waals surface area (Å²) in [7, 11) is 1.60. The number of phenols is 2. The van der Waals surface area contributed by atoms with Gasteiger partial charge in [-0.3, -0.25) is 25.5 Å². The third-order valence-corrected chi connectivity index (χ3v) is 6.80. The van der Waals surface area contributed by atoms with E-state index in [0.29, 0.717) is 17.1 Å². The molecule has 0 radical (unpaired) electrons. The normalized spacial score (nSPS) is 12.4. The highest BCUT2D eigenvalue weighted by atomic mass is 32.2. The molecule has 1 heterocycles. The van der Waals surface area contributed by atoms with E-state index in [0.717, 1.165) is 34.0 Å². The Hall–Kier alpha value is -4.31. The molecule has 0 aliphatic carbocycles. The lowest BCUT2D eigenvalue weighted by Gasteiger charge is -2.24. The number of fused-ring (bicyclic) bond motifs is 1. The highest BCUT2D eigenvalue weighted by Gasteiger charge is 2.25. The van der Waals surface area contributed by atoms with Gasteiger partial charge in [0, 0.05) is 40.8 Å². The first-order valence-electron chi connectivity index (χ1n) is 12.3. The molecule has 9 nitrogen and oxygen atoms in total. The minimum absolute atomic E-state index is 0.0394. The van der Waals surface area contributed by atoms with E-state index in [4.69, 9.17) is 20.5 Å². The zero-order valence-electron chi connectivity index (χ0n) is 22.4. The van der Waals surface area contributed by atoms with Gasteiger partial charge in [-0.15, -0.1) is 11.8 Å². The molecule has 0 unspecified atom stereocenters. The van der Waals surface area contributed by atoms with Crippen molar-refractivity contribution in [1.82, 2.24) is 5.32 Å². The van der Waals surface area contributed by atoms with E-state index in [1.54, 1.807) is 42.8 Å². The molecule has 0 saturated carbocycles. The van der Waals surface area contributed by atoms with Crippen molar-refractivity contribution >= 4 is 40.7 Å².